The van der Waals surface area contributed by atoms with E-state index in [4.69, 9.17) is 11.6 Å². The van der Waals surface area contributed by atoms with Gasteiger partial charge in [-0.25, -0.2) is 4.39 Å². The van der Waals surface area contributed by atoms with Gasteiger partial charge in [0.25, 0.3) is 5.69 Å². The molecule has 8 heteroatoms. The Labute approximate surface area is 142 Å². The molecule has 1 heterocycles. The van der Waals surface area contributed by atoms with E-state index in [1.807, 2.05) is 4.90 Å². The quantitative estimate of drug-likeness (QED) is 0.519. The van der Waals surface area contributed by atoms with Crippen molar-refractivity contribution in [3.05, 3.63) is 69.1 Å². The molecule has 0 atom stereocenters. The Morgan fingerprint density at radius 3 is 2.88 bits per heavy atom. The summed E-state index contributed by atoms with van der Waals surface area (Å²) in [7, 11) is 1.80. The molecule has 0 bridgehead atoms. The zero-order valence-corrected chi connectivity index (χ0v) is 13.6. The van der Waals surface area contributed by atoms with Crippen LogP contribution in [0.4, 0.5) is 10.1 Å². The number of rotatable bonds is 5. The molecule has 0 saturated heterocycles. The van der Waals surface area contributed by atoms with Gasteiger partial charge >= 0.3 is 0 Å². The molecule has 0 fully saturated rings. The standard InChI is InChI=1S/C16H14ClFN4O2/c1-20(9-13-14(17)3-2-4-15(13)18)10-21-16-7-12(22(23)24)6-5-11(16)8-19-21/h2-8H,9-10H2,1H3. The van der Waals surface area contributed by atoms with Gasteiger partial charge in [-0.15, -0.1) is 0 Å². The summed E-state index contributed by atoms with van der Waals surface area (Å²) in [6, 6.07) is 9.14. The van der Waals surface area contributed by atoms with Crippen molar-refractivity contribution in [1.29, 1.82) is 0 Å². The Morgan fingerprint density at radius 1 is 1.38 bits per heavy atom. The first-order valence-electron chi connectivity index (χ1n) is 7.17. The lowest BCUT2D eigenvalue weighted by Crippen LogP contribution is -2.23. The molecule has 0 aliphatic carbocycles. The third-order valence-corrected chi connectivity index (χ3v) is 4.06. The fourth-order valence-corrected chi connectivity index (χ4v) is 2.74. The smallest absolute Gasteiger partial charge is 0.271 e. The normalized spacial score (nSPS) is 11.3. The van der Waals surface area contributed by atoms with Crippen molar-refractivity contribution >= 4 is 28.2 Å². The maximum Gasteiger partial charge on any atom is 0.271 e. The molecule has 3 rings (SSSR count). The highest BCUT2D eigenvalue weighted by molar-refractivity contribution is 6.31. The van der Waals surface area contributed by atoms with Crippen molar-refractivity contribution in [2.45, 2.75) is 13.2 Å². The van der Waals surface area contributed by atoms with E-state index < -0.39 is 4.92 Å². The monoisotopic (exact) mass is 348 g/mol. The molecular weight excluding hydrogens is 335 g/mol. The highest BCUT2D eigenvalue weighted by Crippen LogP contribution is 2.23. The summed E-state index contributed by atoms with van der Waals surface area (Å²) in [5.41, 5.74) is 1.06. The summed E-state index contributed by atoms with van der Waals surface area (Å²) in [6.07, 6.45) is 1.64. The van der Waals surface area contributed by atoms with Gasteiger partial charge in [0, 0.05) is 34.6 Å². The van der Waals surface area contributed by atoms with Gasteiger partial charge in [-0.1, -0.05) is 17.7 Å². The Kier molecular flexibility index (Phi) is 4.46. The first-order chi connectivity index (χ1) is 11.5. The molecule has 0 amide bonds. The number of nitrogens with zero attached hydrogens (tertiary/aromatic N) is 4. The summed E-state index contributed by atoms with van der Waals surface area (Å²) in [5, 5.41) is 16.3. The second kappa shape index (κ2) is 6.54. The molecule has 0 unspecified atom stereocenters. The number of hydrogen-bond acceptors (Lipinski definition) is 4. The van der Waals surface area contributed by atoms with Gasteiger partial charge in [0.15, 0.2) is 0 Å². The van der Waals surface area contributed by atoms with Crippen LogP contribution in [0.5, 0.6) is 0 Å². The molecule has 1 aromatic heterocycles. The van der Waals surface area contributed by atoms with Crippen LogP contribution in [0, 0.1) is 15.9 Å². The number of nitro benzene ring substituents is 1. The van der Waals surface area contributed by atoms with Crippen molar-refractivity contribution < 1.29 is 9.31 Å². The van der Waals surface area contributed by atoms with Crippen LogP contribution in [-0.4, -0.2) is 26.7 Å². The largest absolute Gasteiger partial charge is 0.283 e. The minimum absolute atomic E-state index is 0.00375. The summed E-state index contributed by atoms with van der Waals surface area (Å²) < 4.78 is 15.5. The van der Waals surface area contributed by atoms with Gasteiger partial charge < -0.3 is 0 Å². The van der Waals surface area contributed by atoms with E-state index in [0.717, 1.165) is 5.39 Å². The van der Waals surface area contributed by atoms with E-state index in [0.29, 0.717) is 29.3 Å². The van der Waals surface area contributed by atoms with Crippen molar-refractivity contribution in [2.24, 2.45) is 0 Å². The molecule has 124 valence electrons. The number of aromatic nitrogens is 2. The van der Waals surface area contributed by atoms with Crippen LogP contribution in [-0.2, 0) is 13.2 Å². The molecule has 3 aromatic rings. The topological polar surface area (TPSA) is 64.2 Å². The summed E-state index contributed by atoms with van der Waals surface area (Å²) in [6.45, 7) is 0.636. The van der Waals surface area contributed by atoms with Gasteiger partial charge in [0.1, 0.15) is 5.82 Å². The Bertz CT molecular complexity index is 892. The van der Waals surface area contributed by atoms with Gasteiger partial charge in [-0.2, -0.15) is 5.10 Å². The van der Waals surface area contributed by atoms with Gasteiger partial charge in [-0.3, -0.25) is 19.7 Å². The maximum atomic E-state index is 13.9. The first-order valence-corrected chi connectivity index (χ1v) is 7.55. The summed E-state index contributed by atoms with van der Waals surface area (Å²) >= 11 is 6.04. The zero-order chi connectivity index (χ0) is 17.3. The lowest BCUT2D eigenvalue weighted by molar-refractivity contribution is -0.384. The number of benzene rings is 2. The van der Waals surface area contributed by atoms with E-state index >= 15 is 0 Å². The Morgan fingerprint density at radius 2 is 2.17 bits per heavy atom. The van der Waals surface area contributed by atoms with E-state index in [9.17, 15) is 14.5 Å². The van der Waals surface area contributed by atoms with Crippen molar-refractivity contribution in [3.8, 4) is 0 Å². The van der Waals surface area contributed by atoms with E-state index in [2.05, 4.69) is 5.10 Å². The third-order valence-electron chi connectivity index (χ3n) is 3.70. The highest BCUT2D eigenvalue weighted by atomic mass is 35.5. The first kappa shape index (κ1) is 16.4. The predicted octanol–water partition coefficient (Wildman–Crippen LogP) is 3.83. The van der Waals surface area contributed by atoms with Crippen LogP contribution in [0.3, 0.4) is 0 Å². The van der Waals surface area contributed by atoms with Crippen LogP contribution < -0.4 is 0 Å². The second-order valence-electron chi connectivity index (χ2n) is 5.50. The van der Waals surface area contributed by atoms with Crippen molar-refractivity contribution in [1.82, 2.24) is 14.7 Å². The number of hydrogen-bond donors (Lipinski definition) is 0. The fraction of sp³-hybridized carbons (Fsp3) is 0.188. The summed E-state index contributed by atoms with van der Waals surface area (Å²) in [4.78, 5) is 12.3. The van der Waals surface area contributed by atoms with Crippen molar-refractivity contribution in [2.75, 3.05) is 7.05 Å². The molecule has 0 aliphatic rings. The molecule has 0 spiro atoms. The average molecular weight is 349 g/mol. The second-order valence-corrected chi connectivity index (χ2v) is 5.91. The van der Waals surface area contributed by atoms with Crippen LogP contribution in [0.25, 0.3) is 10.9 Å². The Hall–Kier alpha value is -2.51. The minimum atomic E-state index is -0.445. The molecule has 0 N–H and O–H groups in total. The van der Waals surface area contributed by atoms with Gasteiger partial charge in [-0.05, 0) is 25.2 Å². The number of non-ortho nitro benzene ring substituents is 1. The lowest BCUT2D eigenvalue weighted by atomic mass is 10.2. The minimum Gasteiger partial charge on any atom is -0.283 e. The maximum absolute atomic E-state index is 13.9. The number of fused-ring (bicyclic) bond motifs is 1. The fourth-order valence-electron chi connectivity index (χ4n) is 2.52. The highest BCUT2D eigenvalue weighted by Gasteiger charge is 2.13. The van der Waals surface area contributed by atoms with E-state index in [-0.39, 0.29) is 11.5 Å². The molecule has 24 heavy (non-hydrogen) atoms. The van der Waals surface area contributed by atoms with Crippen LogP contribution in [0.15, 0.2) is 42.6 Å². The SMILES string of the molecule is CN(Cc1c(F)cccc1Cl)Cn1ncc2ccc([N+](=O)[O-])cc21. The van der Waals surface area contributed by atoms with Crippen LogP contribution in [0.1, 0.15) is 5.56 Å². The van der Waals surface area contributed by atoms with Crippen LogP contribution in [0.2, 0.25) is 5.02 Å². The molecule has 6 nitrogen and oxygen atoms in total. The molecule has 0 aliphatic heterocycles. The Balaban J connectivity index is 1.84. The number of halogens is 2. The van der Waals surface area contributed by atoms with Crippen molar-refractivity contribution in [3.63, 3.8) is 0 Å². The summed E-state index contributed by atoms with van der Waals surface area (Å²) in [5.74, 6) is -0.365. The molecule has 0 radical (unpaired) electrons. The number of nitro groups is 1. The van der Waals surface area contributed by atoms with E-state index in [1.54, 1.807) is 36.1 Å². The molecular formula is C16H14ClFN4O2. The molecule has 0 saturated carbocycles. The van der Waals surface area contributed by atoms with Gasteiger partial charge in [0.05, 0.1) is 23.3 Å². The lowest BCUT2D eigenvalue weighted by Gasteiger charge is -2.18. The zero-order valence-electron chi connectivity index (χ0n) is 12.8. The van der Waals surface area contributed by atoms with Crippen LogP contribution >= 0.6 is 11.6 Å². The van der Waals surface area contributed by atoms with E-state index in [1.165, 1.54) is 18.2 Å². The third kappa shape index (κ3) is 3.22. The average Bonchev–Trinajstić information content (AvgIpc) is 2.93. The predicted molar refractivity (Wildman–Crippen MR) is 89.3 cm³/mol. The molecule has 2 aromatic carbocycles. The van der Waals surface area contributed by atoms with Gasteiger partial charge in [0.2, 0.25) is 0 Å².